The van der Waals surface area contributed by atoms with Gasteiger partial charge in [0.25, 0.3) is 11.7 Å². The van der Waals surface area contributed by atoms with Crippen LogP contribution in [0.1, 0.15) is 44.7 Å². The van der Waals surface area contributed by atoms with E-state index in [0.717, 1.165) is 30.6 Å². The van der Waals surface area contributed by atoms with Crippen LogP contribution < -0.4 is 20.1 Å². The lowest BCUT2D eigenvalue weighted by molar-refractivity contribution is -0.133. The van der Waals surface area contributed by atoms with Gasteiger partial charge in [0, 0.05) is 37.0 Å². The number of hydrogen-bond donors (Lipinski definition) is 2. The Morgan fingerprint density at radius 3 is 2.69 bits per heavy atom. The molecule has 2 fully saturated rings. The SMILES string of the molecule is C[C@]1(c2cnccn2)NC(=O)N(CC(=O)Nc2ccc3c(c2)OC2(CCCCC2)O3)C1=O. The minimum atomic E-state index is -1.38. The topological polar surface area (TPSA) is 123 Å². The van der Waals surface area contributed by atoms with Crippen molar-refractivity contribution in [3.05, 3.63) is 42.5 Å². The Morgan fingerprint density at radius 1 is 1.16 bits per heavy atom. The zero-order chi connectivity index (χ0) is 22.3. The van der Waals surface area contributed by atoms with Crippen LogP contribution in [0.3, 0.4) is 0 Å². The lowest BCUT2D eigenvalue weighted by Crippen LogP contribution is -2.42. The second-order valence-corrected chi connectivity index (χ2v) is 8.42. The van der Waals surface area contributed by atoms with Gasteiger partial charge in [0.2, 0.25) is 5.91 Å². The molecule has 166 valence electrons. The van der Waals surface area contributed by atoms with Crippen molar-refractivity contribution in [2.75, 3.05) is 11.9 Å². The first kappa shape index (κ1) is 20.2. The molecule has 1 saturated carbocycles. The molecule has 3 aliphatic rings. The molecule has 1 spiro atoms. The third-order valence-corrected chi connectivity index (χ3v) is 6.09. The zero-order valence-electron chi connectivity index (χ0n) is 17.6. The molecule has 1 aromatic carbocycles. The molecule has 3 heterocycles. The number of nitrogens with one attached hydrogen (secondary N) is 2. The van der Waals surface area contributed by atoms with E-state index in [0.29, 0.717) is 22.9 Å². The van der Waals surface area contributed by atoms with Crippen molar-refractivity contribution >= 4 is 23.5 Å². The first-order valence-electron chi connectivity index (χ1n) is 10.6. The molecule has 2 aromatic rings. The highest BCUT2D eigenvalue weighted by Crippen LogP contribution is 2.46. The summed E-state index contributed by atoms with van der Waals surface area (Å²) in [5.41, 5.74) is -0.582. The highest BCUT2D eigenvalue weighted by molar-refractivity contribution is 6.10. The average molecular weight is 437 g/mol. The summed E-state index contributed by atoms with van der Waals surface area (Å²) >= 11 is 0. The number of benzene rings is 1. The second-order valence-electron chi connectivity index (χ2n) is 8.42. The van der Waals surface area contributed by atoms with Crippen molar-refractivity contribution in [3.63, 3.8) is 0 Å². The molecule has 0 bridgehead atoms. The molecule has 0 radical (unpaired) electrons. The fourth-order valence-electron chi connectivity index (χ4n) is 4.38. The third-order valence-electron chi connectivity index (χ3n) is 6.09. The van der Waals surface area contributed by atoms with Gasteiger partial charge in [0.1, 0.15) is 6.54 Å². The van der Waals surface area contributed by atoms with Crippen LogP contribution in [-0.4, -0.2) is 45.0 Å². The van der Waals surface area contributed by atoms with E-state index in [1.165, 1.54) is 31.9 Å². The van der Waals surface area contributed by atoms with Gasteiger partial charge in [0.05, 0.1) is 11.9 Å². The largest absolute Gasteiger partial charge is 0.448 e. The van der Waals surface area contributed by atoms with E-state index >= 15 is 0 Å². The van der Waals surface area contributed by atoms with Crippen LogP contribution in [0.2, 0.25) is 0 Å². The van der Waals surface area contributed by atoms with Gasteiger partial charge in [-0.2, -0.15) is 0 Å². The van der Waals surface area contributed by atoms with E-state index in [2.05, 4.69) is 20.6 Å². The van der Waals surface area contributed by atoms with Crippen LogP contribution in [0, 0.1) is 0 Å². The number of fused-ring (bicyclic) bond motifs is 1. The molecule has 10 nitrogen and oxygen atoms in total. The Bertz CT molecular complexity index is 1090. The number of carbonyl (C=O) groups is 3. The van der Waals surface area contributed by atoms with E-state index in [9.17, 15) is 14.4 Å². The maximum absolute atomic E-state index is 12.9. The quantitative estimate of drug-likeness (QED) is 0.704. The number of ether oxygens (including phenoxy) is 2. The predicted molar refractivity (Wildman–Crippen MR) is 112 cm³/mol. The summed E-state index contributed by atoms with van der Waals surface area (Å²) in [6, 6.07) is 4.50. The smallest absolute Gasteiger partial charge is 0.325 e. The van der Waals surface area contributed by atoms with Gasteiger partial charge in [-0.05, 0) is 31.9 Å². The van der Waals surface area contributed by atoms with Crippen molar-refractivity contribution in [2.45, 2.75) is 50.4 Å². The standard InChI is InChI=1S/C22H23N5O5/c1-21(17-12-23-9-10-24-17)19(29)27(20(30)26-21)13-18(28)25-14-5-6-15-16(11-14)32-22(31-15)7-3-2-4-8-22/h5-6,9-12H,2-4,7-8,13H2,1H3,(H,25,28)(H,26,30)/t21-/m1/s1. The summed E-state index contributed by atoms with van der Waals surface area (Å²) in [7, 11) is 0. The van der Waals surface area contributed by atoms with Crippen LogP contribution in [0.4, 0.5) is 10.5 Å². The summed E-state index contributed by atoms with van der Waals surface area (Å²) < 4.78 is 12.1. The molecule has 4 amide bonds. The van der Waals surface area contributed by atoms with Crippen molar-refractivity contribution in [3.8, 4) is 11.5 Å². The van der Waals surface area contributed by atoms with E-state index in [1.807, 2.05) is 0 Å². The van der Waals surface area contributed by atoms with Gasteiger partial charge in [-0.1, -0.05) is 6.42 Å². The molecule has 2 N–H and O–H groups in total. The van der Waals surface area contributed by atoms with E-state index in [1.54, 1.807) is 18.2 Å². The fourth-order valence-corrected chi connectivity index (χ4v) is 4.38. The summed E-state index contributed by atoms with van der Waals surface area (Å²) in [5, 5.41) is 5.32. The van der Waals surface area contributed by atoms with Gasteiger partial charge < -0.3 is 20.1 Å². The molecular formula is C22H23N5O5. The van der Waals surface area contributed by atoms with Gasteiger partial charge in [-0.3, -0.25) is 24.5 Å². The van der Waals surface area contributed by atoms with E-state index in [-0.39, 0.29) is 0 Å². The molecule has 1 saturated heterocycles. The van der Waals surface area contributed by atoms with Crippen molar-refractivity contribution in [1.82, 2.24) is 20.2 Å². The minimum Gasteiger partial charge on any atom is -0.448 e. The number of anilines is 1. The summed E-state index contributed by atoms with van der Waals surface area (Å²) in [6.45, 7) is 1.10. The number of amides is 4. The van der Waals surface area contributed by atoms with Crippen molar-refractivity contribution in [1.29, 1.82) is 0 Å². The van der Waals surface area contributed by atoms with E-state index < -0.39 is 35.7 Å². The van der Waals surface area contributed by atoms with Crippen LogP contribution in [0.15, 0.2) is 36.8 Å². The first-order chi connectivity index (χ1) is 15.4. The normalized spacial score (nSPS) is 23.3. The average Bonchev–Trinajstić information content (AvgIpc) is 3.24. The molecule has 1 atom stereocenters. The Hall–Kier alpha value is -3.69. The second kappa shape index (κ2) is 7.47. The van der Waals surface area contributed by atoms with Crippen LogP contribution >= 0.6 is 0 Å². The molecule has 32 heavy (non-hydrogen) atoms. The predicted octanol–water partition coefficient (Wildman–Crippen LogP) is 2.31. The lowest BCUT2D eigenvalue weighted by atomic mass is 9.94. The van der Waals surface area contributed by atoms with E-state index in [4.69, 9.17) is 9.47 Å². The molecular weight excluding hydrogens is 414 g/mol. The number of aromatic nitrogens is 2. The van der Waals surface area contributed by atoms with Crippen LogP contribution in [-0.2, 0) is 15.1 Å². The lowest BCUT2D eigenvalue weighted by Gasteiger charge is -2.31. The number of nitrogens with zero attached hydrogens (tertiary/aromatic N) is 3. The molecule has 2 aliphatic heterocycles. The van der Waals surface area contributed by atoms with Crippen molar-refractivity contribution in [2.24, 2.45) is 0 Å². The molecule has 0 unspecified atom stereocenters. The number of imide groups is 1. The third kappa shape index (κ3) is 3.41. The monoisotopic (exact) mass is 437 g/mol. The molecule has 1 aromatic heterocycles. The fraction of sp³-hybridized carbons (Fsp3) is 0.409. The zero-order valence-corrected chi connectivity index (χ0v) is 17.6. The number of carbonyl (C=O) groups excluding carboxylic acids is 3. The molecule has 5 rings (SSSR count). The minimum absolute atomic E-state index is 0.300. The Morgan fingerprint density at radius 2 is 1.94 bits per heavy atom. The highest BCUT2D eigenvalue weighted by atomic mass is 16.7. The number of hydrogen-bond acceptors (Lipinski definition) is 7. The van der Waals surface area contributed by atoms with Gasteiger partial charge in [-0.15, -0.1) is 0 Å². The summed E-state index contributed by atoms with van der Waals surface area (Å²) in [4.78, 5) is 46.9. The maximum Gasteiger partial charge on any atom is 0.325 e. The van der Waals surface area contributed by atoms with Crippen LogP contribution in [0.5, 0.6) is 11.5 Å². The number of urea groups is 1. The Balaban J connectivity index is 1.26. The Kier molecular flexibility index (Phi) is 4.72. The van der Waals surface area contributed by atoms with Gasteiger partial charge in [-0.25, -0.2) is 4.79 Å². The first-order valence-corrected chi connectivity index (χ1v) is 10.6. The maximum atomic E-state index is 12.9. The summed E-state index contributed by atoms with van der Waals surface area (Å²) in [5.74, 6) is -0.450. The van der Waals surface area contributed by atoms with Crippen LogP contribution in [0.25, 0.3) is 0 Å². The highest BCUT2D eigenvalue weighted by Gasteiger charge is 2.50. The molecule has 10 heteroatoms. The van der Waals surface area contributed by atoms with Crippen molar-refractivity contribution < 1.29 is 23.9 Å². The number of rotatable bonds is 4. The van der Waals surface area contributed by atoms with Gasteiger partial charge >= 0.3 is 6.03 Å². The summed E-state index contributed by atoms with van der Waals surface area (Å²) in [6.07, 6.45) is 9.26. The Labute approximate surface area is 184 Å². The van der Waals surface area contributed by atoms with Gasteiger partial charge in [0.15, 0.2) is 17.0 Å². The molecule has 1 aliphatic carbocycles.